The van der Waals surface area contributed by atoms with E-state index in [0.29, 0.717) is 31.9 Å². The van der Waals surface area contributed by atoms with Crippen molar-refractivity contribution in [1.29, 1.82) is 0 Å². The third kappa shape index (κ3) is 4.22. The molecule has 1 saturated heterocycles. The highest BCUT2D eigenvalue weighted by Crippen LogP contribution is 2.23. The lowest BCUT2D eigenvalue weighted by Crippen LogP contribution is -2.43. The summed E-state index contributed by atoms with van der Waals surface area (Å²) in [5.41, 5.74) is 1.74. The first kappa shape index (κ1) is 17.5. The van der Waals surface area contributed by atoms with Crippen LogP contribution in [0.2, 0.25) is 0 Å². The summed E-state index contributed by atoms with van der Waals surface area (Å²) in [6, 6.07) is 3.87. The van der Waals surface area contributed by atoms with E-state index in [1.165, 1.54) is 0 Å². The summed E-state index contributed by atoms with van der Waals surface area (Å²) in [5, 5.41) is 7.24. The number of H-pyrrole nitrogens is 1. The minimum Gasteiger partial charge on any atom is -0.367 e. The molecule has 134 valence electrons. The van der Waals surface area contributed by atoms with Crippen molar-refractivity contribution in [2.24, 2.45) is 0 Å². The molecule has 0 spiro atoms. The van der Waals surface area contributed by atoms with Gasteiger partial charge in [-0.05, 0) is 18.6 Å². The number of pyridine rings is 1. The van der Waals surface area contributed by atoms with Gasteiger partial charge in [-0.1, -0.05) is 26.8 Å². The van der Waals surface area contributed by atoms with Gasteiger partial charge in [0.15, 0.2) is 11.6 Å². The van der Waals surface area contributed by atoms with Crippen LogP contribution in [0.4, 0.5) is 0 Å². The van der Waals surface area contributed by atoms with Crippen molar-refractivity contribution in [2.45, 2.75) is 45.6 Å². The van der Waals surface area contributed by atoms with Gasteiger partial charge in [-0.15, -0.1) is 0 Å². The fourth-order valence-corrected chi connectivity index (χ4v) is 2.68. The molecule has 1 atom stereocenters. The van der Waals surface area contributed by atoms with Gasteiger partial charge in [-0.25, -0.2) is 4.98 Å². The molecule has 1 fully saturated rings. The number of rotatable bonds is 3. The number of aromatic nitrogens is 4. The molecule has 3 rings (SSSR count). The average molecular weight is 343 g/mol. The standard InChI is InChI=1S/C18H25N5O2/c1-12-5-6-13(10-19-12)9-15(24)23-7-8-25-14(11-23)16-20-17(22-21-16)18(2,3)4/h5-6,10,14H,7-9,11H2,1-4H3,(H,20,21,22)/t14-/m0/s1. The van der Waals surface area contributed by atoms with Crippen molar-refractivity contribution in [1.82, 2.24) is 25.1 Å². The second kappa shape index (κ2) is 6.92. The highest BCUT2D eigenvalue weighted by Gasteiger charge is 2.29. The summed E-state index contributed by atoms with van der Waals surface area (Å²) in [5.74, 6) is 1.51. The molecule has 1 aliphatic heterocycles. The monoisotopic (exact) mass is 343 g/mol. The molecule has 0 radical (unpaired) electrons. The molecule has 0 aliphatic carbocycles. The predicted octanol–water partition coefficient (Wildman–Crippen LogP) is 1.95. The number of hydrogen-bond acceptors (Lipinski definition) is 5. The zero-order valence-corrected chi connectivity index (χ0v) is 15.2. The van der Waals surface area contributed by atoms with Crippen molar-refractivity contribution in [3.8, 4) is 0 Å². The first-order valence-corrected chi connectivity index (χ1v) is 8.56. The lowest BCUT2D eigenvalue weighted by Gasteiger charge is -2.32. The van der Waals surface area contributed by atoms with Crippen LogP contribution in [-0.4, -0.2) is 50.7 Å². The van der Waals surface area contributed by atoms with Crippen LogP contribution in [0.5, 0.6) is 0 Å². The lowest BCUT2D eigenvalue weighted by atomic mass is 9.96. The zero-order chi connectivity index (χ0) is 18.0. The Kier molecular flexibility index (Phi) is 4.85. The molecule has 0 aromatic carbocycles. The van der Waals surface area contributed by atoms with E-state index in [-0.39, 0.29) is 17.4 Å². The Morgan fingerprint density at radius 3 is 2.84 bits per heavy atom. The number of hydrogen-bond donors (Lipinski definition) is 1. The number of nitrogens with zero attached hydrogens (tertiary/aromatic N) is 4. The molecule has 0 saturated carbocycles. The third-order valence-electron chi connectivity index (χ3n) is 4.23. The summed E-state index contributed by atoms with van der Waals surface area (Å²) >= 11 is 0. The molecular formula is C18H25N5O2. The van der Waals surface area contributed by atoms with Crippen LogP contribution in [-0.2, 0) is 21.4 Å². The van der Waals surface area contributed by atoms with Gasteiger partial charge in [-0.3, -0.25) is 14.9 Å². The smallest absolute Gasteiger partial charge is 0.227 e. The van der Waals surface area contributed by atoms with Gasteiger partial charge >= 0.3 is 0 Å². The molecule has 25 heavy (non-hydrogen) atoms. The van der Waals surface area contributed by atoms with Crippen LogP contribution in [0, 0.1) is 6.92 Å². The first-order chi connectivity index (χ1) is 11.8. The molecule has 1 amide bonds. The van der Waals surface area contributed by atoms with Crippen LogP contribution in [0.1, 0.15) is 49.8 Å². The minimum atomic E-state index is -0.266. The summed E-state index contributed by atoms with van der Waals surface area (Å²) in [6.45, 7) is 9.69. The predicted molar refractivity (Wildman–Crippen MR) is 93.0 cm³/mol. The zero-order valence-electron chi connectivity index (χ0n) is 15.2. The average Bonchev–Trinajstić information content (AvgIpc) is 3.07. The van der Waals surface area contributed by atoms with Crippen molar-refractivity contribution in [3.05, 3.63) is 41.2 Å². The van der Waals surface area contributed by atoms with Crippen molar-refractivity contribution < 1.29 is 9.53 Å². The maximum atomic E-state index is 12.6. The summed E-state index contributed by atoms with van der Waals surface area (Å²) < 4.78 is 5.80. The molecule has 1 N–H and O–H groups in total. The Balaban J connectivity index is 1.65. The third-order valence-corrected chi connectivity index (χ3v) is 4.23. The van der Waals surface area contributed by atoms with Gasteiger partial charge in [0.25, 0.3) is 0 Å². The summed E-state index contributed by atoms with van der Waals surface area (Å²) in [6.07, 6.45) is 1.85. The van der Waals surface area contributed by atoms with Gasteiger partial charge in [0.2, 0.25) is 5.91 Å². The van der Waals surface area contributed by atoms with Crippen LogP contribution >= 0.6 is 0 Å². The van der Waals surface area contributed by atoms with Crippen molar-refractivity contribution >= 4 is 5.91 Å². The van der Waals surface area contributed by atoms with Crippen molar-refractivity contribution in [2.75, 3.05) is 19.7 Å². The number of amides is 1. The van der Waals surface area contributed by atoms with Crippen LogP contribution < -0.4 is 0 Å². The summed E-state index contributed by atoms with van der Waals surface area (Å²) in [7, 11) is 0. The van der Waals surface area contributed by atoms with E-state index in [4.69, 9.17) is 4.74 Å². The Morgan fingerprint density at radius 2 is 2.20 bits per heavy atom. The molecule has 2 aromatic heterocycles. The number of carbonyl (C=O) groups excluding carboxylic acids is 1. The highest BCUT2D eigenvalue weighted by atomic mass is 16.5. The molecule has 1 aliphatic rings. The van der Waals surface area contributed by atoms with E-state index < -0.39 is 0 Å². The number of nitrogens with one attached hydrogen (secondary N) is 1. The van der Waals surface area contributed by atoms with Crippen molar-refractivity contribution in [3.63, 3.8) is 0 Å². The number of aromatic amines is 1. The van der Waals surface area contributed by atoms with E-state index >= 15 is 0 Å². The van der Waals surface area contributed by atoms with Gasteiger partial charge in [0, 0.05) is 23.9 Å². The van der Waals surface area contributed by atoms with Crippen LogP contribution in [0.25, 0.3) is 0 Å². The molecule has 2 aromatic rings. The highest BCUT2D eigenvalue weighted by molar-refractivity contribution is 5.78. The van der Waals surface area contributed by atoms with E-state index in [0.717, 1.165) is 17.1 Å². The Bertz CT molecular complexity index is 733. The number of carbonyl (C=O) groups is 1. The maximum absolute atomic E-state index is 12.6. The molecule has 0 unspecified atom stereocenters. The van der Waals surface area contributed by atoms with Crippen LogP contribution in [0.15, 0.2) is 18.3 Å². The van der Waals surface area contributed by atoms with E-state index in [1.54, 1.807) is 6.20 Å². The van der Waals surface area contributed by atoms with E-state index in [2.05, 4.69) is 40.9 Å². The molecule has 7 heteroatoms. The second-order valence-electron chi connectivity index (χ2n) is 7.48. The van der Waals surface area contributed by atoms with Gasteiger partial charge in [-0.2, -0.15) is 5.10 Å². The largest absolute Gasteiger partial charge is 0.367 e. The SMILES string of the molecule is Cc1ccc(CC(=O)N2CCO[C@H](c3nc(C(C)(C)C)n[nH]3)C2)cn1. The maximum Gasteiger partial charge on any atom is 0.227 e. The molecule has 7 nitrogen and oxygen atoms in total. The molecule has 0 bridgehead atoms. The second-order valence-corrected chi connectivity index (χ2v) is 7.48. The number of ether oxygens (including phenoxy) is 1. The van der Waals surface area contributed by atoms with Gasteiger partial charge in [0.05, 0.1) is 19.6 Å². The fourth-order valence-electron chi connectivity index (χ4n) is 2.68. The summed E-state index contributed by atoms with van der Waals surface area (Å²) in [4.78, 5) is 23.2. The molecular weight excluding hydrogens is 318 g/mol. The fraction of sp³-hybridized carbons (Fsp3) is 0.556. The Morgan fingerprint density at radius 1 is 1.40 bits per heavy atom. The van der Waals surface area contributed by atoms with Gasteiger partial charge in [0.1, 0.15) is 6.10 Å². The minimum absolute atomic E-state index is 0.0783. The Hall–Kier alpha value is -2.28. The van der Waals surface area contributed by atoms with E-state index in [1.807, 2.05) is 24.0 Å². The topological polar surface area (TPSA) is 84.0 Å². The molecule has 3 heterocycles. The quantitative estimate of drug-likeness (QED) is 0.921. The number of morpholine rings is 1. The first-order valence-electron chi connectivity index (χ1n) is 8.56. The lowest BCUT2D eigenvalue weighted by molar-refractivity contribution is -0.138. The van der Waals surface area contributed by atoms with Gasteiger partial charge < -0.3 is 9.64 Å². The van der Waals surface area contributed by atoms with E-state index in [9.17, 15) is 4.79 Å². The normalized spacial score (nSPS) is 18.4. The Labute approximate surface area is 147 Å². The van der Waals surface area contributed by atoms with Crippen LogP contribution in [0.3, 0.4) is 0 Å². The number of aryl methyl sites for hydroxylation is 1.